The highest BCUT2D eigenvalue weighted by molar-refractivity contribution is 5.88. The van der Waals surface area contributed by atoms with E-state index in [0.29, 0.717) is 18.8 Å². The maximum Gasteiger partial charge on any atom is 0.309 e. The smallest absolute Gasteiger partial charge is 0.309 e. The molecule has 2 fully saturated rings. The van der Waals surface area contributed by atoms with Gasteiger partial charge >= 0.3 is 5.97 Å². The lowest BCUT2D eigenvalue weighted by atomic mass is 9.80. The fourth-order valence-electron chi connectivity index (χ4n) is 4.38. The summed E-state index contributed by atoms with van der Waals surface area (Å²) in [5.41, 5.74) is 1.27. The van der Waals surface area contributed by atoms with Crippen LogP contribution in [-0.2, 0) is 16.1 Å². The normalized spacial score (nSPS) is 20.9. The number of hydrogen-bond donors (Lipinski definition) is 1. The van der Waals surface area contributed by atoms with Crippen molar-refractivity contribution in [2.75, 3.05) is 6.61 Å². The van der Waals surface area contributed by atoms with Gasteiger partial charge < -0.3 is 14.8 Å². The third kappa shape index (κ3) is 7.23. The van der Waals surface area contributed by atoms with Gasteiger partial charge in [-0.05, 0) is 74.4 Å². The first-order chi connectivity index (χ1) is 15.5. The number of fused-ring (bicyclic) bond motifs is 1. The second-order valence-electron chi connectivity index (χ2n) is 9.92. The number of hydrogen-bond acceptors (Lipinski definition) is 4. The van der Waals surface area contributed by atoms with Crippen LogP contribution in [0.2, 0.25) is 0 Å². The summed E-state index contributed by atoms with van der Waals surface area (Å²) < 4.78 is 11.4. The lowest BCUT2D eigenvalue weighted by Crippen LogP contribution is -2.44. The van der Waals surface area contributed by atoms with Gasteiger partial charge in [0.05, 0.1) is 18.6 Å². The van der Waals surface area contributed by atoms with Crippen molar-refractivity contribution >= 4 is 16.7 Å². The van der Waals surface area contributed by atoms with Gasteiger partial charge in [-0.2, -0.15) is 0 Å². The predicted molar refractivity (Wildman–Crippen MR) is 132 cm³/mol. The standard InChI is InChI=1S/C24H31NO3.C4H10/c1-2-27-24(26)19-14-20(15-19)25-16-17-11-12-22-18(13-17)7-6-10-23(22)28-21-8-4-3-5-9-21;1-4(2)3/h6-7,10-13,19-21,25H,2-5,8-9,14-16H2,1H3;4H,1-3H3. The highest BCUT2D eigenvalue weighted by atomic mass is 16.5. The Hall–Kier alpha value is -2.07. The minimum Gasteiger partial charge on any atom is -0.490 e. The molecule has 0 unspecified atom stereocenters. The summed E-state index contributed by atoms with van der Waals surface area (Å²) in [6.45, 7) is 9.65. The number of benzene rings is 2. The monoisotopic (exact) mass is 439 g/mol. The summed E-state index contributed by atoms with van der Waals surface area (Å²) in [6.07, 6.45) is 8.38. The summed E-state index contributed by atoms with van der Waals surface area (Å²) in [4.78, 5) is 11.7. The molecule has 0 saturated heterocycles. The third-order valence-electron chi connectivity index (χ3n) is 6.10. The zero-order chi connectivity index (χ0) is 22.9. The first-order valence-corrected chi connectivity index (χ1v) is 12.5. The van der Waals surface area contributed by atoms with Gasteiger partial charge in [-0.25, -0.2) is 0 Å². The van der Waals surface area contributed by atoms with Crippen LogP contribution in [0.4, 0.5) is 0 Å². The molecule has 1 N–H and O–H groups in total. The fourth-order valence-corrected chi connectivity index (χ4v) is 4.38. The molecule has 0 aromatic heterocycles. The molecule has 4 rings (SSSR count). The van der Waals surface area contributed by atoms with E-state index in [1.165, 1.54) is 48.4 Å². The molecular formula is C28H41NO3. The van der Waals surface area contributed by atoms with Crippen molar-refractivity contribution in [3.8, 4) is 5.75 Å². The Morgan fingerprint density at radius 2 is 1.78 bits per heavy atom. The van der Waals surface area contributed by atoms with Crippen LogP contribution in [0.5, 0.6) is 5.75 Å². The molecule has 0 radical (unpaired) electrons. The minimum absolute atomic E-state index is 0.0447. The van der Waals surface area contributed by atoms with Gasteiger partial charge in [0.25, 0.3) is 0 Å². The van der Waals surface area contributed by atoms with Crippen molar-refractivity contribution in [2.45, 2.75) is 91.3 Å². The van der Waals surface area contributed by atoms with Gasteiger partial charge in [0, 0.05) is 18.0 Å². The quantitative estimate of drug-likeness (QED) is 0.491. The van der Waals surface area contributed by atoms with E-state index in [2.05, 4.69) is 62.5 Å². The average molecular weight is 440 g/mol. The van der Waals surface area contributed by atoms with E-state index in [1.54, 1.807) is 0 Å². The number of esters is 1. The molecule has 0 atom stereocenters. The van der Waals surface area contributed by atoms with Crippen molar-refractivity contribution < 1.29 is 14.3 Å². The summed E-state index contributed by atoms with van der Waals surface area (Å²) in [5.74, 6) is 1.88. The Kier molecular flexibility index (Phi) is 9.40. The van der Waals surface area contributed by atoms with Gasteiger partial charge in [-0.15, -0.1) is 0 Å². The number of carbonyl (C=O) groups is 1. The third-order valence-corrected chi connectivity index (χ3v) is 6.10. The largest absolute Gasteiger partial charge is 0.490 e. The van der Waals surface area contributed by atoms with Crippen LogP contribution in [0.25, 0.3) is 10.8 Å². The molecule has 0 aliphatic heterocycles. The van der Waals surface area contributed by atoms with Crippen LogP contribution in [-0.4, -0.2) is 24.7 Å². The van der Waals surface area contributed by atoms with Gasteiger partial charge in [-0.3, -0.25) is 4.79 Å². The molecule has 4 nitrogen and oxygen atoms in total. The molecule has 2 aliphatic carbocycles. The number of ether oxygens (including phenoxy) is 2. The van der Waals surface area contributed by atoms with Gasteiger partial charge in [-0.1, -0.05) is 51.5 Å². The van der Waals surface area contributed by atoms with Crippen LogP contribution in [0.3, 0.4) is 0 Å². The highest BCUT2D eigenvalue weighted by Crippen LogP contribution is 2.31. The Morgan fingerprint density at radius 1 is 1.06 bits per heavy atom. The van der Waals surface area contributed by atoms with Crippen molar-refractivity contribution in [2.24, 2.45) is 11.8 Å². The molecule has 0 bridgehead atoms. The van der Waals surface area contributed by atoms with Crippen molar-refractivity contribution in [1.82, 2.24) is 5.32 Å². The molecule has 4 heteroatoms. The number of rotatable bonds is 7. The van der Waals surface area contributed by atoms with E-state index in [9.17, 15) is 4.79 Å². The molecule has 176 valence electrons. The first-order valence-electron chi connectivity index (χ1n) is 12.5. The van der Waals surface area contributed by atoms with Gasteiger partial charge in [0.15, 0.2) is 0 Å². The van der Waals surface area contributed by atoms with Crippen LogP contribution >= 0.6 is 0 Å². The number of carbonyl (C=O) groups excluding carboxylic acids is 1. The van der Waals surface area contributed by atoms with E-state index in [0.717, 1.165) is 31.1 Å². The zero-order valence-electron chi connectivity index (χ0n) is 20.4. The molecule has 0 heterocycles. The SMILES string of the molecule is CC(C)C.CCOC(=O)C1CC(NCc2ccc3c(OC4CCCCC4)cccc3c2)C1. The van der Waals surface area contributed by atoms with E-state index < -0.39 is 0 Å². The van der Waals surface area contributed by atoms with E-state index >= 15 is 0 Å². The molecular weight excluding hydrogens is 398 g/mol. The molecule has 0 spiro atoms. The lowest BCUT2D eigenvalue weighted by molar-refractivity contribution is -0.151. The second-order valence-corrected chi connectivity index (χ2v) is 9.92. The molecule has 2 saturated carbocycles. The Morgan fingerprint density at radius 3 is 2.47 bits per heavy atom. The van der Waals surface area contributed by atoms with E-state index in [4.69, 9.17) is 9.47 Å². The first kappa shape index (κ1) is 24.6. The Balaban J connectivity index is 0.000000668. The summed E-state index contributed by atoms with van der Waals surface area (Å²) in [7, 11) is 0. The fraction of sp³-hybridized carbons (Fsp3) is 0.607. The van der Waals surface area contributed by atoms with Gasteiger partial charge in [0.1, 0.15) is 5.75 Å². The summed E-state index contributed by atoms with van der Waals surface area (Å²) in [6, 6.07) is 13.4. The van der Waals surface area contributed by atoms with Crippen molar-refractivity contribution in [3.05, 3.63) is 42.0 Å². The molecule has 2 aliphatic rings. The summed E-state index contributed by atoms with van der Waals surface area (Å²) in [5, 5.41) is 5.99. The maximum atomic E-state index is 11.7. The summed E-state index contributed by atoms with van der Waals surface area (Å²) >= 11 is 0. The Bertz CT molecular complexity index is 848. The molecule has 0 amide bonds. The van der Waals surface area contributed by atoms with Crippen LogP contribution < -0.4 is 10.1 Å². The van der Waals surface area contributed by atoms with E-state index in [-0.39, 0.29) is 11.9 Å². The van der Waals surface area contributed by atoms with E-state index in [1.807, 2.05) is 6.92 Å². The minimum atomic E-state index is -0.0447. The van der Waals surface area contributed by atoms with Crippen molar-refractivity contribution in [1.29, 1.82) is 0 Å². The zero-order valence-corrected chi connectivity index (χ0v) is 20.4. The molecule has 2 aromatic rings. The van der Waals surface area contributed by atoms with Gasteiger partial charge in [0.2, 0.25) is 0 Å². The average Bonchev–Trinajstić information content (AvgIpc) is 2.73. The maximum absolute atomic E-state index is 11.7. The van der Waals surface area contributed by atoms with Crippen LogP contribution in [0, 0.1) is 11.8 Å². The molecule has 2 aromatic carbocycles. The lowest BCUT2D eigenvalue weighted by Gasteiger charge is -2.34. The predicted octanol–water partition coefficient (Wildman–Crippen LogP) is 6.64. The number of nitrogens with one attached hydrogen (secondary N) is 1. The Labute approximate surface area is 194 Å². The highest BCUT2D eigenvalue weighted by Gasteiger charge is 2.35. The van der Waals surface area contributed by atoms with Crippen LogP contribution in [0.15, 0.2) is 36.4 Å². The topological polar surface area (TPSA) is 47.6 Å². The second kappa shape index (κ2) is 12.2. The molecule has 32 heavy (non-hydrogen) atoms. The van der Waals surface area contributed by atoms with Crippen molar-refractivity contribution in [3.63, 3.8) is 0 Å². The van der Waals surface area contributed by atoms with Crippen LogP contribution in [0.1, 0.15) is 78.2 Å².